The van der Waals surface area contributed by atoms with Gasteiger partial charge in [0.05, 0.1) is 11.8 Å². The van der Waals surface area contributed by atoms with Gasteiger partial charge < -0.3 is 9.32 Å². The Morgan fingerprint density at radius 1 is 1.26 bits per heavy atom. The second kappa shape index (κ2) is 9.07. The smallest absolute Gasteiger partial charge is 0.256 e. The van der Waals surface area contributed by atoms with E-state index in [0.29, 0.717) is 24.1 Å². The number of aromatic nitrogens is 1. The molecule has 0 bridgehead atoms. The maximum Gasteiger partial charge on any atom is 0.256 e. The molecule has 1 atom stereocenters. The predicted octanol–water partition coefficient (Wildman–Crippen LogP) is 3.13. The summed E-state index contributed by atoms with van der Waals surface area (Å²) in [7, 11) is 0. The number of nitriles is 1. The molecule has 142 valence electrons. The van der Waals surface area contributed by atoms with E-state index in [-0.39, 0.29) is 17.9 Å². The number of oxazole rings is 1. The number of hydrogen-bond donors (Lipinski definition) is 0. The molecule has 7 heteroatoms. The summed E-state index contributed by atoms with van der Waals surface area (Å²) in [5.41, 5.74) is 1.77. The third-order valence-electron chi connectivity index (χ3n) is 4.70. The monoisotopic (exact) mass is 384 g/mol. The Morgan fingerprint density at radius 2 is 1.96 bits per heavy atom. The predicted molar refractivity (Wildman–Crippen MR) is 105 cm³/mol. The number of hydrogen-bond acceptors (Lipinski definition) is 6. The van der Waals surface area contributed by atoms with Gasteiger partial charge in [-0.25, -0.2) is 4.98 Å². The fourth-order valence-corrected chi connectivity index (χ4v) is 3.89. The molecule has 0 unspecified atom stereocenters. The Morgan fingerprint density at radius 3 is 2.59 bits per heavy atom. The van der Waals surface area contributed by atoms with Crippen LogP contribution in [0.25, 0.3) is 11.3 Å². The van der Waals surface area contributed by atoms with Crippen molar-refractivity contribution in [3.05, 3.63) is 36.6 Å². The minimum absolute atomic E-state index is 0.0807. The second-order valence-electron chi connectivity index (χ2n) is 6.89. The summed E-state index contributed by atoms with van der Waals surface area (Å²) in [5.74, 6) is 0.675. The van der Waals surface area contributed by atoms with E-state index in [0.717, 1.165) is 24.3 Å². The van der Waals surface area contributed by atoms with Crippen LogP contribution in [-0.4, -0.2) is 58.7 Å². The minimum atomic E-state index is -0.0830. The lowest BCUT2D eigenvalue weighted by Crippen LogP contribution is -2.53. The summed E-state index contributed by atoms with van der Waals surface area (Å²) < 4.78 is 5.48. The normalized spacial score (nSPS) is 16.3. The highest BCUT2D eigenvalue weighted by Crippen LogP contribution is 2.24. The topological polar surface area (TPSA) is 73.4 Å². The highest BCUT2D eigenvalue weighted by atomic mass is 32.2. The van der Waals surface area contributed by atoms with Crippen LogP contribution in [0.15, 0.2) is 46.2 Å². The molecular weight excluding hydrogens is 360 g/mol. The van der Waals surface area contributed by atoms with Crippen molar-refractivity contribution in [2.24, 2.45) is 5.92 Å². The van der Waals surface area contributed by atoms with E-state index in [1.807, 2.05) is 35.2 Å². The molecule has 0 aliphatic carbocycles. The second-order valence-corrected chi connectivity index (χ2v) is 7.81. The summed E-state index contributed by atoms with van der Waals surface area (Å²) in [6, 6.07) is 12.1. The molecule has 6 nitrogen and oxygen atoms in total. The molecule has 1 amide bonds. The fourth-order valence-electron chi connectivity index (χ4n) is 3.18. The molecule has 1 aromatic carbocycles. The van der Waals surface area contributed by atoms with Gasteiger partial charge in [0.2, 0.25) is 5.91 Å². The Labute approximate surface area is 164 Å². The summed E-state index contributed by atoms with van der Waals surface area (Å²) in [5, 5.41) is 9.83. The molecule has 1 aliphatic rings. The van der Waals surface area contributed by atoms with Crippen molar-refractivity contribution < 1.29 is 9.21 Å². The third kappa shape index (κ3) is 4.90. The van der Waals surface area contributed by atoms with E-state index in [4.69, 9.17) is 4.42 Å². The molecule has 1 saturated heterocycles. The van der Waals surface area contributed by atoms with Crippen molar-refractivity contribution in [3.63, 3.8) is 0 Å². The van der Waals surface area contributed by atoms with Crippen LogP contribution in [0, 0.1) is 17.2 Å². The zero-order chi connectivity index (χ0) is 19.2. The third-order valence-corrected chi connectivity index (χ3v) is 5.52. The number of carbonyl (C=O) groups is 1. The lowest BCUT2D eigenvalue weighted by atomic mass is 10.0. The van der Waals surface area contributed by atoms with Crippen LogP contribution in [0.2, 0.25) is 0 Å². The molecule has 3 rings (SSSR count). The van der Waals surface area contributed by atoms with E-state index in [1.165, 1.54) is 11.8 Å². The maximum atomic E-state index is 12.5. The van der Waals surface area contributed by atoms with Crippen LogP contribution in [0.3, 0.4) is 0 Å². The molecule has 27 heavy (non-hydrogen) atoms. The molecule has 1 fully saturated rings. The summed E-state index contributed by atoms with van der Waals surface area (Å²) >= 11 is 1.32. The number of piperazine rings is 1. The van der Waals surface area contributed by atoms with Gasteiger partial charge in [0, 0.05) is 31.7 Å². The summed E-state index contributed by atoms with van der Waals surface area (Å²) in [4.78, 5) is 21.0. The average Bonchev–Trinajstić information content (AvgIpc) is 3.17. The highest BCUT2D eigenvalue weighted by Gasteiger charge is 2.27. The van der Waals surface area contributed by atoms with Crippen molar-refractivity contribution in [2.75, 3.05) is 31.9 Å². The van der Waals surface area contributed by atoms with Gasteiger partial charge in [-0.2, -0.15) is 5.26 Å². The van der Waals surface area contributed by atoms with Crippen LogP contribution in [0.1, 0.15) is 13.8 Å². The number of thioether (sulfide) groups is 1. The first-order valence-corrected chi connectivity index (χ1v) is 10.1. The van der Waals surface area contributed by atoms with Crippen LogP contribution in [0.5, 0.6) is 0 Å². The Kier molecular flexibility index (Phi) is 6.54. The van der Waals surface area contributed by atoms with E-state index < -0.39 is 0 Å². The molecular formula is C20H24N4O2S. The van der Waals surface area contributed by atoms with Crippen LogP contribution >= 0.6 is 11.8 Å². The van der Waals surface area contributed by atoms with E-state index in [2.05, 4.69) is 29.8 Å². The van der Waals surface area contributed by atoms with Gasteiger partial charge in [-0.15, -0.1) is 0 Å². The number of benzene rings is 1. The summed E-state index contributed by atoms with van der Waals surface area (Å²) in [6.07, 6.45) is 1.62. The first-order chi connectivity index (χ1) is 13.1. The minimum Gasteiger partial charge on any atom is -0.439 e. The van der Waals surface area contributed by atoms with Gasteiger partial charge in [-0.1, -0.05) is 55.9 Å². The fraction of sp³-hybridized carbons (Fsp3) is 0.450. The van der Waals surface area contributed by atoms with Gasteiger partial charge in [0.25, 0.3) is 5.22 Å². The molecule has 0 saturated carbocycles. The first kappa shape index (κ1) is 19.5. The molecule has 1 aliphatic heterocycles. The Balaban J connectivity index is 1.48. The largest absolute Gasteiger partial charge is 0.439 e. The van der Waals surface area contributed by atoms with Crippen LogP contribution in [-0.2, 0) is 4.79 Å². The van der Waals surface area contributed by atoms with E-state index >= 15 is 0 Å². The van der Waals surface area contributed by atoms with Gasteiger partial charge in [-0.05, 0) is 5.92 Å². The van der Waals surface area contributed by atoms with Crippen LogP contribution in [0.4, 0.5) is 0 Å². The van der Waals surface area contributed by atoms with Crippen molar-refractivity contribution in [1.29, 1.82) is 5.26 Å². The average molecular weight is 385 g/mol. The van der Waals surface area contributed by atoms with Crippen molar-refractivity contribution >= 4 is 17.7 Å². The lowest BCUT2D eigenvalue weighted by Gasteiger charge is -2.38. The number of rotatable bonds is 6. The van der Waals surface area contributed by atoms with Crippen LogP contribution < -0.4 is 0 Å². The number of nitrogens with zero attached hydrogens (tertiary/aromatic N) is 4. The molecule has 2 heterocycles. The van der Waals surface area contributed by atoms with E-state index in [1.54, 1.807) is 6.26 Å². The van der Waals surface area contributed by atoms with Crippen molar-refractivity contribution in [3.8, 4) is 17.3 Å². The van der Waals surface area contributed by atoms with Gasteiger partial charge in [0.1, 0.15) is 18.0 Å². The zero-order valence-electron chi connectivity index (χ0n) is 15.7. The number of carbonyl (C=O) groups excluding carboxylic acids is 1. The Hall–Kier alpha value is -2.30. The molecule has 1 aromatic heterocycles. The first-order valence-electron chi connectivity index (χ1n) is 9.13. The molecule has 0 N–H and O–H groups in total. The zero-order valence-corrected chi connectivity index (χ0v) is 16.5. The Bertz CT molecular complexity index is 792. The molecule has 2 aromatic rings. The molecule has 0 spiro atoms. The highest BCUT2D eigenvalue weighted by molar-refractivity contribution is 7.99. The van der Waals surface area contributed by atoms with Gasteiger partial charge >= 0.3 is 0 Å². The lowest BCUT2D eigenvalue weighted by molar-refractivity contribution is -0.130. The van der Waals surface area contributed by atoms with E-state index in [9.17, 15) is 10.1 Å². The standard InChI is InChI=1S/C20H24N4O2S/c1-15(2)18(12-21)23-8-10-24(11-9-23)19(25)14-27-20-22-17(13-26-20)16-6-4-3-5-7-16/h3-7,13,15,18H,8-11,14H2,1-2H3/t18-/m1/s1. The maximum absolute atomic E-state index is 12.5. The SMILES string of the molecule is CC(C)[C@@H](C#N)N1CCN(C(=O)CSc2nc(-c3ccccc3)co2)CC1. The molecule has 0 radical (unpaired) electrons. The summed E-state index contributed by atoms with van der Waals surface area (Å²) in [6.45, 7) is 6.91. The quantitative estimate of drug-likeness (QED) is 0.713. The van der Waals surface area contributed by atoms with Gasteiger partial charge in [0.15, 0.2) is 0 Å². The van der Waals surface area contributed by atoms with Gasteiger partial charge in [-0.3, -0.25) is 9.69 Å². The van der Waals surface area contributed by atoms with Crippen molar-refractivity contribution in [2.45, 2.75) is 25.1 Å². The number of amides is 1. The van der Waals surface area contributed by atoms with Crippen molar-refractivity contribution in [1.82, 2.24) is 14.8 Å².